The van der Waals surface area contributed by atoms with Crippen molar-refractivity contribution in [2.45, 2.75) is 62.6 Å². The molecular weight excluding hydrogens is 564 g/mol. The Bertz CT molecular complexity index is 1260. The highest BCUT2D eigenvalue weighted by Crippen LogP contribution is 2.35. The van der Waals surface area contributed by atoms with E-state index < -0.39 is 58.7 Å². The molecule has 0 aromatic heterocycles. The second-order valence-corrected chi connectivity index (χ2v) is 11.8. The van der Waals surface area contributed by atoms with Crippen molar-refractivity contribution in [3.05, 3.63) is 54.1 Å². The summed E-state index contributed by atoms with van der Waals surface area (Å²) in [4.78, 5) is 24.9. The van der Waals surface area contributed by atoms with Gasteiger partial charge >= 0.3 is 12.4 Å². The summed E-state index contributed by atoms with van der Waals surface area (Å²) in [6.45, 7) is 2.86. The number of halogens is 6. The number of benzene rings is 2. The number of hydrogen-bond acceptors (Lipinski definition) is 5. The molecule has 0 aliphatic carbocycles. The van der Waals surface area contributed by atoms with Gasteiger partial charge in [-0.15, -0.1) is 0 Å². The van der Waals surface area contributed by atoms with Crippen molar-refractivity contribution in [3.63, 3.8) is 0 Å². The molecule has 2 rings (SSSR count). The predicted molar refractivity (Wildman–Crippen MR) is 137 cm³/mol. The highest BCUT2D eigenvalue weighted by atomic mass is 32.2. The highest BCUT2D eigenvalue weighted by Gasteiger charge is 2.43. The van der Waals surface area contributed by atoms with Gasteiger partial charge in [-0.1, -0.05) is 50.2 Å². The molecule has 3 N–H and O–H groups in total. The van der Waals surface area contributed by atoms with Crippen LogP contribution in [0.2, 0.25) is 0 Å². The minimum absolute atomic E-state index is 0.0555. The van der Waals surface area contributed by atoms with E-state index in [2.05, 4.69) is 10.6 Å². The van der Waals surface area contributed by atoms with Crippen LogP contribution >= 0.6 is 0 Å². The molecule has 0 saturated heterocycles. The third-order valence-electron chi connectivity index (χ3n) is 5.79. The average molecular weight is 596 g/mol. The SMILES string of the molecule is CC(C)C[C@H](NC(c1ccc(-c2ccc(S(C)(=O)=O)cc2)cc1)C(F)(F)F)C(=O)NC(C)C(=O)NCC(F)(F)F. The highest BCUT2D eigenvalue weighted by molar-refractivity contribution is 7.90. The monoisotopic (exact) mass is 595 g/mol. The lowest BCUT2D eigenvalue weighted by atomic mass is 9.97. The van der Waals surface area contributed by atoms with E-state index in [1.54, 1.807) is 19.2 Å². The van der Waals surface area contributed by atoms with E-state index in [0.717, 1.165) is 13.2 Å². The fourth-order valence-corrected chi connectivity index (χ4v) is 4.42. The van der Waals surface area contributed by atoms with Crippen LogP contribution in [0.5, 0.6) is 0 Å². The molecule has 222 valence electrons. The molecule has 0 aliphatic rings. The lowest BCUT2D eigenvalue weighted by molar-refractivity contribution is -0.161. The summed E-state index contributed by atoms with van der Waals surface area (Å²) in [6.07, 6.45) is -8.50. The Labute approximate surface area is 228 Å². The molecular formula is C26H31F6N3O4S. The molecule has 0 bridgehead atoms. The minimum Gasteiger partial charge on any atom is -0.345 e. The van der Waals surface area contributed by atoms with Crippen molar-refractivity contribution < 1.29 is 44.3 Å². The zero-order chi connectivity index (χ0) is 30.5. The Kier molecular flexibility index (Phi) is 10.8. The van der Waals surface area contributed by atoms with Crippen molar-refractivity contribution in [1.29, 1.82) is 0 Å². The summed E-state index contributed by atoms with van der Waals surface area (Å²) in [5.74, 6) is -2.36. The maximum atomic E-state index is 14.1. The topological polar surface area (TPSA) is 104 Å². The molecule has 2 amide bonds. The van der Waals surface area contributed by atoms with Crippen LogP contribution in [-0.4, -0.2) is 57.5 Å². The van der Waals surface area contributed by atoms with Gasteiger partial charge in [0.15, 0.2) is 9.84 Å². The summed E-state index contributed by atoms with van der Waals surface area (Å²) in [5, 5.41) is 6.11. The van der Waals surface area contributed by atoms with Crippen LogP contribution in [0.15, 0.2) is 53.4 Å². The van der Waals surface area contributed by atoms with Crippen molar-refractivity contribution in [2.75, 3.05) is 12.8 Å². The average Bonchev–Trinajstić information content (AvgIpc) is 2.83. The van der Waals surface area contributed by atoms with Crippen molar-refractivity contribution in [1.82, 2.24) is 16.0 Å². The number of hydrogen-bond donors (Lipinski definition) is 3. The molecule has 0 fully saturated rings. The molecule has 0 aliphatic heterocycles. The Morgan fingerprint density at radius 3 is 1.75 bits per heavy atom. The van der Waals surface area contributed by atoms with Gasteiger partial charge in [0.1, 0.15) is 18.6 Å². The molecule has 0 heterocycles. The second-order valence-electron chi connectivity index (χ2n) is 9.81. The Hall–Kier alpha value is -3.13. The molecule has 2 unspecified atom stereocenters. The number of nitrogens with one attached hydrogen (secondary N) is 3. The maximum Gasteiger partial charge on any atom is 0.407 e. The number of alkyl halides is 6. The van der Waals surface area contributed by atoms with Crippen molar-refractivity contribution in [3.8, 4) is 11.1 Å². The molecule has 14 heteroatoms. The molecule has 40 heavy (non-hydrogen) atoms. The first-order valence-corrected chi connectivity index (χ1v) is 14.0. The van der Waals surface area contributed by atoms with Crippen LogP contribution < -0.4 is 16.0 Å². The third kappa shape index (κ3) is 10.1. The molecule has 2 aromatic rings. The van der Waals surface area contributed by atoms with Gasteiger partial charge in [0, 0.05) is 6.26 Å². The number of rotatable bonds is 11. The van der Waals surface area contributed by atoms with Gasteiger partial charge in [-0.25, -0.2) is 8.42 Å². The lowest BCUT2D eigenvalue weighted by Gasteiger charge is -2.29. The Balaban J connectivity index is 2.25. The Morgan fingerprint density at radius 2 is 1.32 bits per heavy atom. The van der Waals surface area contributed by atoms with E-state index >= 15 is 0 Å². The fraction of sp³-hybridized carbons (Fsp3) is 0.462. The molecule has 0 radical (unpaired) electrons. The Morgan fingerprint density at radius 1 is 0.825 bits per heavy atom. The second kappa shape index (κ2) is 13.0. The van der Waals surface area contributed by atoms with Crippen molar-refractivity contribution in [2.24, 2.45) is 5.92 Å². The number of carbonyl (C=O) groups is 2. The first-order chi connectivity index (χ1) is 18.3. The van der Waals surface area contributed by atoms with Crippen LogP contribution in [0, 0.1) is 5.92 Å². The standard InChI is InChI=1S/C26H31F6N3O4S/c1-15(2)13-21(24(37)34-16(3)23(36)33-14-25(27,28)29)35-22(26(30,31)32)19-7-5-17(6-8-19)18-9-11-20(12-10-18)40(4,38)39/h5-12,15-16,21-22,35H,13-14H2,1-4H3,(H,33,36)(H,34,37)/t16?,21-,22?/m0/s1. The molecule has 2 aromatic carbocycles. The number of amides is 2. The largest absolute Gasteiger partial charge is 0.407 e. The predicted octanol–water partition coefficient (Wildman–Crippen LogP) is 4.55. The quantitative estimate of drug-likeness (QED) is 0.331. The summed E-state index contributed by atoms with van der Waals surface area (Å²) in [5.41, 5.74) is 0.895. The van der Waals surface area contributed by atoms with Crippen LogP contribution in [0.1, 0.15) is 38.8 Å². The molecule has 0 saturated carbocycles. The fourth-order valence-electron chi connectivity index (χ4n) is 3.79. The number of sulfone groups is 1. The van der Waals surface area contributed by atoms with E-state index in [1.165, 1.54) is 48.5 Å². The lowest BCUT2D eigenvalue weighted by Crippen LogP contribution is -2.54. The summed E-state index contributed by atoms with van der Waals surface area (Å²) in [7, 11) is -3.42. The van der Waals surface area contributed by atoms with E-state index in [-0.39, 0.29) is 22.8 Å². The van der Waals surface area contributed by atoms with Gasteiger partial charge in [-0.2, -0.15) is 26.3 Å². The van der Waals surface area contributed by atoms with Crippen LogP contribution in [0.4, 0.5) is 26.3 Å². The smallest absolute Gasteiger partial charge is 0.345 e. The van der Waals surface area contributed by atoms with Gasteiger partial charge < -0.3 is 10.6 Å². The third-order valence-corrected chi connectivity index (χ3v) is 6.92. The van der Waals surface area contributed by atoms with E-state index in [1.807, 2.05) is 0 Å². The van der Waals surface area contributed by atoms with E-state index in [9.17, 15) is 44.3 Å². The molecule has 7 nitrogen and oxygen atoms in total. The van der Waals surface area contributed by atoms with E-state index in [4.69, 9.17) is 0 Å². The van der Waals surface area contributed by atoms with Gasteiger partial charge in [-0.3, -0.25) is 14.9 Å². The minimum atomic E-state index is -4.83. The first kappa shape index (κ1) is 33.1. The zero-order valence-electron chi connectivity index (χ0n) is 22.2. The van der Waals surface area contributed by atoms with Crippen molar-refractivity contribution >= 4 is 21.7 Å². The molecule has 0 spiro atoms. The summed E-state index contributed by atoms with van der Waals surface area (Å²) < 4.78 is 103. The van der Waals surface area contributed by atoms with Crippen LogP contribution in [-0.2, 0) is 19.4 Å². The summed E-state index contributed by atoms with van der Waals surface area (Å²) in [6, 6.07) is 6.00. The number of carbonyl (C=O) groups excluding carboxylic acids is 2. The normalized spacial score (nSPS) is 14.9. The summed E-state index contributed by atoms with van der Waals surface area (Å²) >= 11 is 0. The zero-order valence-corrected chi connectivity index (χ0v) is 23.0. The molecule has 3 atom stereocenters. The van der Waals surface area contributed by atoms with Gasteiger partial charge in [0.25, 0.3) is 0 Å². The maximum absolute atomic E-state index is 14.1. The van der Waals surface area contributed by atoms with E-state index in [0.29, 0.717) is 11.1 Å². The van der Waals surface area contributed by atoms with Gasteiger partial charge in [-0.05, 0) is 48.1 Å². The van der Waals surface area contributed by atoms with Crippen LogP contribution in [0.3, 0.4) is 0 Å². The first-order valence-electron chi connectivity index (χ1n) is 12.2. The van der Waals surface area contributed by atoms with Gasteiger partial charge in [0.05, 0.1) is 10.9 Å². The van der Waals surface area contributed by atoms with Crippen LogP contribution in [0.25, 0.3) is 11.1 Å². The van der Waals surface area contributed by atoms with Gasteiger partial charge in [0.2, 0.25) is 11.8 Å².